The Morgan fingerprint density at radius 1 is 1.10 bits per heavy atom. The molecule has 0 saturated carbocycles. The van der Waals surface area contributed by atoms with Gasteiger partial charge in [-0.25, -0.2) is 4.79 Å². The standard InChI is InChI=1S/C15H13NO4/c1-19-15(18)11-6-8-12(9-7-11)20-14-5-3-2-4-13(14)16-10-17/h2-10H,1H3,(H,16,17). The van der Waals surface area contributed by atoms with E-state index in [1.165, 1.54) is 7.11 Å². The van der Waals surface area contributed by atoms with E-state index >= 15 is 0 Å². The number of carbonyl (C=O) groups is 2. The number of hydrogen-bond donors (Lipinski definition) is 1. The number of rotatable bonds is 5. The quantitative estimate of drug-likeness (QED) is 0.671. The number of para-hydroxylation sites is 2. The van der Waals surface area contributed by atoms with Crippen LogP contribution in [0, 0.1) is 0 Å². The van der Waals surface area contributed by atoms with E-state index in [-0.39, 0.29) is 0 Å². The Kier molecular flexibility index (Phi) is 4.34. The van der Waals surface area contributed by atoms with Crippen molar-refractivity contribution in [2.24, 2.45) is 0 Å². The number of nitrogens with one attached hydrogen (secondary N) is 1. The molecule has 0 aromatic heterocycles. The summed E-state index contributed by atoms with van der Waals surface area (Å²) in [7, 11) is 1.33. The first-order valence-electron chi connectivity index (χ1n) is 5.90. The highest BCUT2D eigenvalue weighted by molar-refractivity contribution is 5.89. The van der Waals surface area contributed by atoms with Crippen LogP contribution in [0.4, 0.5) is 5.69 Å². The molecular weight excluding hydrogens is 258 g/mol. The van der Waals surface area contributed by atoms with E-state index in [2.05, 4.69) is 10.1 Å². The molecule has 5 nitrogen and oxygen atoms in total. The van der Waals surface area contributed by atoms with Gasteiger partial charge in [0.05, 0.1) is 18.4 Å². The third-order valence-electron chi connectivity index (χ3n) is 2.60. The van der Waals surface area contributed by atoms with Crippen molar-refractivity contribution in [2.75, 3.05) is 12.4 Å². The maximum Gasteiger partial charge on any atom is 0.337 e. The van der Waals surface area contributed by atoms with Crippen LogP contribution in [0.15, 0.2) is 48.5 Å². The smallest absolute Gasteiger partial charge is 0.337 e. The highest BCUT2D eigenvalue weighted by Gasteiger charge is 2.07. The molecular formula is C15H13NO4. The van der Waals surface area contributed by atoms with Crippen molar-refractivity contribution in [2.45, 2.75) is 0 Å². The maximum atomic E-state index is 11.3. The summed E-state index contributed by atoms with van der Waals surface area (Å²) in [5.41, 5.74) is 1.01. The predicted molar refractivity (Wildman–Crippen MR) is 74.0 cm³/mol. The molecule has 0 unspecified atom stereocenters. The number of benzene rings is 2. The predicted octanol–water partition coefficient (Wildman–Crippen LogP) is 2.83. The molecule has 5 heteroatoms. The average molecular weight is 271 g/mol. The average Bonchev–Trinajstić information content (AvgIpc) is 2.49. The summed E-state index contributed by atoms with van der Waals surface area (Å²) in [6.07, 6.45) is 0.586. The summed E-state index contributed by atoms with van der Waals surface area (Å²) in [5.74, 6) is 0.669. The molecule has 0 aliphatic rings. The molecule has 1 N–H and O–H groups in total. The summed E-state index contributed by atoms with van der Waals surface area (Å²) in [6.45, 7) is 0. The zero-order valence-electron chi connectivity index (χ0n) is 10.8. The summed E-state index contributed by atoms with van der Waals surface area (Å²) in [6, 6.07) is 13.6. The van der Waals surface area contributed by atoms with Gasteiger partial charge in [-0.05, 0) is 36.4 Å². The van der Waals surface area contributed by atoms with Crippen molar-refractivity contribution < 1.29 is 19.1 Å². The Hall–Kier alpha value is -2.82. The van der Waals surface area contributed by atoms with Crippen LogP contribution < -0.4 is 10.1 Å². The lowest BCUT2D eigenvalue weighted by molar-refractivity contribution is -0.105. The largest absolute Gasteiger partial charge is 0.465 e. The van der Waals surface area contributed by atoms with Gasteiger partial charge in [0.15, 0.2) is 5.75 Å². The third kappa shape index (κ3) is 3.14. The van der Waals surface area contributed by atoms with E-state index in [0.29, 0.717) is 29.2 Å². The van der Waals surface area contributed by atoms with Crippen LogP contribution in [0.1, 0.15) is 10.4 Å². The fraction of sp³-hybridized carbons (Fsp3) is 0.0667. The van der Waals surface area contributed by atoms with Crippen molar-refractivity contribution in [3.05, 3.63) is 54.1 Å². The molecule has 2 aromatic rings. The number of ether oxygens (including phenoxy) is 2. The molecule has 102 valence electrons. The van der Waals surface area contributed by atoms with Crippen LogP contribution in [-0.4, -0.2) is 19.5 Å². The SMILES string of the molecule is COC(=O)c1ccc(Oc2ccccc2NC=O)cc1. The van der Waals surface area contributed by atoms with Crippen LogP contribution >= 0.6 is 0 Å². The second kappa shape index (κ2) is 6.38. The first kappa shape index (κ1) is 13.6. The summed E-state index contributed by atoms with van der Waals surface area (Å²) < 4.78 is 10.3. The van der Waals surface area contributed by atoms with E-state index in [9.17, 15) is 9.59 Å². The van der Waals surface area contributed by atoms with Crippen LogP contribution in [0.2, 0.25) is 0 Å². The van der Waals surface area contributed by atoms with Crippen molar-refractivity contribution in [1.82, 2.24) is 0 Å². The van der Waals surface area contributed by atoms with Gasteiger partial charge in [-0.15, -0.1) is 0 Å². The normalized spacial score (nSPS) is 9.65. The van der Waals surface area contributed by atoms with Gasteiger partial charge in [0.1, 0.15) is 5.75 Å². The molecule has 2 aromatic carbocycles. The lowest BCUT2D eigenvalue weighted by Gasteiger charge is -2.10. The third-order valence-corrected chi connectivity index (χ3v) is 2.60. The highest BCUT2D eigenvalue weighted by Crippen LogP contribution is 2.28. The number of anilines is 1. The first-order valence-corrected chi connectivity index (χ1v) is 5.90. The number of esters is 1. The molecule has 1 amide bonds. The van der Waals surface area contributed by atoms with Gasteiger partial charge in [0.25, 0.3) is 0 Å². The van der Waals surface area contributed by atoms with Gasteiger partial charge < -0.3 is 14.8 Å². The van der Waals surface area contributed by atoms with E-state index in [4.69, 9.17) is 4.74 Å². The number of hydrogen-bond acceptors (Lipinski definition) is 4. The molecule has 2 rings (SSSR count). The van der Waals surface area contributed by atoms with Gasteiger partial charge in [-0.2, -0.15) is 0 Å². The molecule has 0 spiro atoms. The van der Waals surface area contributed by atoms with Gasteiger partial charge in [-0.3, -0.25) is 4.79 Å². The minimum absolute atomic E-state index is 0.403. The molecule has 20 heavy (non-hydrogen) atoms. The summed E-state index contributed by atoms with van der Waals surface area (Å²) in [5, 5.41) is 2.56. The molecule has 0 heterocycles. The molecule has 0 aliphatic carbocycles. The molecule has 0 fully saturated rings. The van der Waals surface area contributed by atoms with Crippen molar-refractivity contribution >= 4 is 18.1 Å². The van der Waals surface area contributed by atoms with Crippen LogP contribution in [0.5, 0.6) is 11.5 Å². The number of methoxy groups -OCH3 is 1. The minimum atomic E-state index is -0.403. The van der Waals surface area contributed by atoms with Gasteiger partial charge in [0, 0.05) is 0 Å². The highest BCUT2D eigenvalue weighted by atomic mass is 16.5. The van der Waals surface area contributed by atoms with Gasteiger partial charge in [-0.1, -0.05) is 12.1 Å². The zero-order chi connectivity index (χ0) is 14.4. The van der Waals surface area contributed by atoms with Crippen LogP contribution in [0.25, 0.3) is 0 Å². The monoisotopic (exact) mass is 271 g/mol. The summed E-state index contributed by atoms with van der Waals surface area (Å²) >= 11 is 0. The van der Waals surface area contributed by atoms with Gasteiger partial charge in [0.2, 0.25) is 6.41 Å². The molecule has 0 saturated heterocycles. The molecule has 0 bridgehead atoms. The Morgan fingerprint density at radius 2 is 1.80 bits per heavy atom. The Labute approximate surface area is 116 Å². The second-order valence-corrected chi connectivity index (χ2v) is 3.88. The Bertz CT molecular complexity index is 608. The van der Waals surface area contributed by atoms with Crippen LogP contribution in [-0.2, 0) is 9.53 Å². The topological polar surface area (TPSA) is 64.6 Å². The molecule has 0 atom stereocenters. The van der Waals surface area contributed by atoms with E-state index in [1.807, 2.05) is 0 Å². The summed E-state index contributed by atoms with van der Waals surface area (Å²) in [4.78, 5) is 21.8. The molecule has 0 radical (unpaired) electrons. The lowest BCUT2D eigenvalue weighted by atomic mass is 10.2. The number of amides is 1. The number of carbonyl (C=O) groups excluding carboxylic acids is 2. The van der Waals surface area contributed by atoms with Crippen molar-refractivity contribution in [3.63, 3.8) is 0 Å². The van der Waals surface area contributed by atoms with E-state index < -0.39 is 5.97 Å². The second-order valence-electron chi connectivity index (χ2n) is 3.88. The Balaban J connectivity index is 2.18. The lowest BCUT2D eigenvalue weighted by Crippen LogP contribution is -2.00. The zero-order valence-corrected chi connectivity index (χ0v) is 10.8. The van der Waals surface area contributed by atoms with E-state index in [1.54, 1.807) is 48.5 Å². The fourth-order valence-corrected chi connectivity index (χ4v) is 1.64. The minimum Gasteiger partial charge on any atom is -0.465 e. The van der Waals surface area contributed by atoms with E-state index in [0.717, 1.165) is 0 Å². The van der Waals surface area contributed by atoms with Gasteiger partial charge >= 0.3 is 5.97 Å². The maximum absolute atomic E-state index is 11.3. The first-order chi connectivity index (χ1) is 9.74. The molecule has 0 aliphatic heterocycles. The fourth-order valence-electron chi connectivity index (χ4n) is 1.64. The van der Waals surface area contributed by atoms with Crippen molar-refractivity contribution in [3.8, 4) is 11.5 Å². The van der Waals surface area contributed by atoms with Crippen molar-refractivity contribution in [1.29, 1.82) is 0 Å². The van der Waals surface area contributed by atoms with Crippen LogP contribution in [0.3, 0.4) is 0 Å². The Morgan fingerprint density at radius 3 is 2.45 bits per heavy atom.